The summed E-state index contributed by atoms with van der Waals surface area (Å²) in [4.78, 5) is 25.0. The van der Waals surface area contributed by atoms with Gasteiger partial charge in [0.2, 0.25) is 11.8 Å². The summed E-state index contributed by atoms with van der Waals surface area (Å²) in [5.74, 6) is -0.851. The van der Waals surface area contributed by atoms with Crippen LogP contribution >= 0.6 is 0 Å². The second-order valence-corrected chi connectivity index (χ2v) is 5.78. The van der Waals surface area contributed by atoms with E-state index >= 15 is 0 Å². The number of hydrogen-bond acceptors (Lipinski definition) is 3. The van der Waals surface area contributed by atoms with Crippen LogP contribution in [0.1, 0.15) is 12.5 Å². The monoisotopic (exact) mass is 251 g/mol. The van der Waals surface area contributed by atoms with Crippen LogP contribution in [0.4, 0.5) is 5.69 Å². The van der Waals surface area contributed by atoms with Crippen LogP contribution in [0.5, 0.6) is 0 Å². The van der Waals surface area contributed by atoms with Gasteiger partial charge >= 0.3 is 0 Å². The number of carbonyl (C=O) groups excluding carboxylic acids is 2. The number of para-hydroxylation sites is 1. The van der Waals surface area contributed by atoms with Gasteiger partial charge in [0.05, 0.1) is 5.69 Å². The van der Waals surface area contributed by atoms with Gasteiger partial charge in [-0.2, -0.15) is 0 Å². The van der Waals surface area contributed by atoms with Crippen LogP contribution in [0.3, 0.4) is 0 Å². The van der Waals surface area contributed by atoms with E-state index in [1.807, 2.05) is 19.1 Å². The van der Waals surface area contributed by atoms with Crippen LogP contribution in [0, 0.1) is 6.92 Å². The van der Waals surface area contributed by atoms with Crippen molar-refractivity contribution in [2.75, 3.05) is 10.7 Å². The van der Waals surface area contributed by atoms with Crippen LogP contribution in [-0.2, 0) is 20.4 Å². The number of anilines is 1. The molecule has 1 saturated heterocycles. The van der Waals surface area contributed by atoms with E-state index in [4.69, 9.17) is 0 Å². The Kier molecular flexibility index (Phi) is 3.11. The molecular weight excluding hydrogens is 238 g/mol. The number of rotatable bonds is 1. The second-order valence-electron chi connectivity index (χ2n) is 4.02. The van der Waals surface area contributed by atoms with Crippen LogP contribution in [-0.4, -0.2) is 27.0 Å². The standard InChI is InChI=1S/C12H13NO3S/c1-8-5-3-4-6-10(8)13-11(14)7-17(16)9(2)12(13)15/h3-6,9H,7H2,1-2H3. The van der Waals surface area contributed by atoms with E-state index < -0.39 is 16.0 Å². The Hall–Kier alpha value is -1.49. The summed E-state index contributed by atoms with van der Waals surface area (Å²) in [5.41, 5.74) is 1.44. The van der Waals surface area contributed by atoms with Gasteiger partial charge in [-0.15, -0.1) is 0 Å². The molecule has 17 heavy (non-hydrogen) atoms. The van der Waals surface area contributed by atoms with Crippen molar-refractivity contribution in [2.24, 2.45) is 0 Å². The molecule has 90 valence electrons. The molecule has 0 bridgehead atoms. The lowest BCUT2D eigenvalue weighted by Gasteiger charge is -2.29. The minimum absolute atomic E-state index is 0.0821. The number of nitrogens with zero attached hydrogens (tertiary/aromatic N) is 1. The molecule has 1 aliphatic rings. The minimum atomic E-state index is -1.39. The summed E-state index contributed by atoms with van der Waals surface area (Å²) in [6.07, 6.45) is 0. The predicted octanol–water partition coefficient (Wildman–Crippen LogP) is 1.01. The number of aryl methyl sites for hydroxylation is 1. The van der Waals surface area contributed by atoms with Crippen molar-refractivity contribution in [3.63, 3.8) is 0 Å². The quantitative estimate of drug-likeness (QED) is 0.700. The molecule has 2 amide bonds. The van der Waals surface area contributed by atoms with E-state index in [2.05, 4.69) is 0 Å². The highest BCUT2D eigenvalue weighted by molar-refractivity contribution is 7.87. The molecule has 1 fully saturated rings. The lowest BCUT2D eigenvalue weighted by atomic mass is 10.1. The van der Waals surface area contributed by atoms with Crippen LogP contribution in [0.25, 0.3) is 0 Å². The lowest BCUT2D eigenvalue weighted by Crippen LogP contribution is -2.52. The summed E-state index contributed by atoms with van der Waals surface area (Å²) >= 11 is 0. The Morgan fingerprint density at radius 3 is 2.59 bits per heavy atom. The zero-order valence-corrected chi connectivity index (χ0v) is 10.5. The molecule has 0 aliphatic carbocycles. The third-order valence-corrected chi connectivity index (χ3v) is 4.36. The van der Waals surface area contributed by atoms with Gasteiger partial charge < -0.3 is 0 Å². The van der Waals surface area contributed by atoms with Gasteiger partial charge in [0.15, 0.2) is 0 Å². The molecule has 0 spiro atoms. The summed E-state index contributed by atoms with van der Waals surface area (Å²) in [6.45, 7) is 3.43. The molecule has 1 aromatic carbocycles. The van der Waals surface area contributed by atoms with Crippen LogP contribution in [0.15, 0.2) is 24.3 Å². The molecule has 1 aliphatic heterocycles. The number of imide groups is 1. The molecular formula is C12H13NO3S. The highest BCUT2D eigenvalue weighted by Gasteiger charge is 2.38. The van der Waals surface area contributed by atoms with Crippen molar-refractivity contribution in [1.29, 1.82) is 0 Å². The van der Waals surface area contributed by atoms with Crippen molar-refractivity contribution in [1.82, 2.24) is 0 Å². The van der Waals surface area contributed by atoms with Crippen molar-refractivity contribution >= 4 is 28.3 Å². The largest absolute Gasteiger partial charge is 0.273 e. The van der Waals surface area contributed by atoms with Crippen molar-refractivity contribution < 1.29 is 13.8 Å². The van der Waals surface area contributed by atoms with Crippen LogP contribution < -0.4 is 4.90 Å². The fourth-order valence-electron chi connectivity index (χ4n) is 1.80. The summed E-state index contributed by atoms with van der Waals surface area (Å²) < 4.78 is 11.5. The van der Waals surface area contributed by atoms with E-state index in [1.165, 1.54) is 0 Å². The van der Waals surface area contributed by atoms with E-state index in [9.17, 15) is 13.8 Å². The summed E-state index contributed by atoms with van der Waals surface area (Å²) in [5, 5.41) is -0.618. The first-order valence-corrected chi connectivity index (χ1v) is 6.70. The average molecular weight is 251 g/mol. The second kappa shape index (κ2) is 4.41. The molecule has 0 N–H and O–H groups in total. The van der Waals surface area contributed by atoms with Gasteiger partial charge in [0, 0.05) is 10.8 Å². The zero-order valence-electron chi connectivity index (χ0n) is 9.67. The summed E-state index contributed by atoms with van der Waals surface area (Å²) in [6, 6.07) is 7.19. The first-order valence-electron chi connectivity index (χ1n) is 5.32. The minimum Gasteiger partial charge on any atom is -0.273 e. The van der Waals surface area contributed by atoms with Gasteiger partial charge in [-0.05, 0) is 25.5 Å². The fourth-order valence-corrected chi connectivity index (χ4v) is 2.75. The van der Waals surface area contributed by atoms with Gasteiger partial charge in [-0.1, -0.05) is 18.2 Å². The molecule has 0 radical (unpaired) electrons. The first-order chi connectivity index (χ1) is 8.02. The SMILES string of the molecule is Cc1ccccc1N1C(=O)CS(=O)C(C)C1=O. The fraction of sp³-hybridized carbons (Fsp3) is 0.333. The highest BCUT2D eigenvalue weighted by atomic mass is 32.2. The van der Waals surface area contributed by atoms with Crippen LogP contribution in [0.2, 0.25) is 0 Å². The molecule has 2 rings (SSSR count). The van der Waals surface area contributed by atoms with E-state index in [0.717, 1.165) is 10.5 Å². The highest BCUT2D eigenvalue weighted by Crippen LogP contribution is 2.24. The Labute approximate surface area is 102 Å². The average Bonchev–Trinajstić information content (AvgIpc) is 2.29. The molecule has 2 atom stereocenters. The third kappa shape index (κ3) is 2.02. The van der Waals surface area contributed by atoms with Gasteiger partial charge in [-0.3, -0.25) is 13.8 Å². The number of hydrogen-bond donors (Lipinski definition) is 0. The smallest absolute Gasteiger partial charge is 0.249 e. The molecule has 1 aromatic rings. The normalized spacial score (nSPS) is 25.2. The summed E-state index contributed by atoms with van der Waals surface area (Å²) in [7, 11) is -1.39. The van der Waals surface area contributed by atoms with E-state index in [0.29, 0.717) is 5.69 Å². The first kappa shape index (κ1) is 12.0. The van der Waals surface area contributed by atoms with Gasteiger partial charge in [0.1, 0.15) is 11.0 Å². The Morgan fingerprint density at radius 1 is 1.29 bits per heavy atom. The molecule has 0 aromatic heterocycles. The maximum atomic E-state index is 12.0. The zero-order chi connectivity index (χ0) is 12.6. The molecule has 4 nitrogen and oxygen atoms in total. The Balaban J connectivity index is 2.45. The molecule has 2 unspecified atom stereocenters. The van der Waals surface area contributed by atoms with E-state index in [-0.39, 0.29) is 17.6 Å². The lowest BCUT2D eigenvalue weighted by molar-refractivity contribution is -0.125. The van der Waals surface area contributed by atoms with Crippen molar-refractivity contribution in [2.45, 2.75) is 19.1 Å². The number of benzene rings is 1. The number of carbonyl (C=O) groups is 2. The van der Waals surface area contributed by atoms with E-state index in [1.54, 1.807) is 19.1 Å². The molecule has 0 saturated carbocycles. The maximum Gasteiger partial charge on any atom is 0.249 e. The maximum absolute atomic E-state index is 12.0. The van der Waals surface area contributed by atoms with Crippen molar-refractivity contribution in [3.8, 4) is 0 Å². The topological polar surface area (TPSA) is 54.5 Å². The third-order valence-electron chi connectivity index (χ3n) is 2.83. The van der Waals surface area contributed by atoms with Gasteiger partial charge in [-0.25, -0.2) is 4.90 Å². The Morgan fingerprint density at radius 2 is 1.94 bits per heavy atom. The predicted molar refractivity (Wildman–Crippen MR) is 66.1 cm³/mol. The number of amides is 2. The molecule has 5 heteroatoms. The van der Waals surface area contributed by atoms with Gasteiger partial charge in [0.25, 0.3) is 0 Å². The van der Waals surface area contributed by atoms with Crippen molar-refractivity contribution in [3.05, 3.63) is 29.8 Å². The Bertz CT molecular complexity index is 512. The molecule has 1 heterocycles.